The van der Waals surface area contributed by atoms with E-state index in [9.17, 15) is 4.79 Å². The quantitative estimate of drug-likeness (QED) is 0.618. The highest BCUT2D eigenvalue weighted by atomic mass is 16.4. The number of carbonyl (C=O) groups is 1. The number of hydrogen-bond donors (Lipinski definition) is 3. The number of carboxylic acid groups (broad SMARTS) is 1. The molecular formula is C11H16N4O2. The van der Waals surface area contributed by atoms with E-state index in [4.69, 9.17) is 5.11 Å². The fourth-order valence-electron chi connectivity index (χ4n) is 1.22. The highest BCUT2D eigenvalue weighted by Gasteiger charge is 2.02. The standard InChI is InChI=1S/C11H16N4O2/c1-3-5-12-9-7-10(15-8(2)14-9)13-6-4-11(16)17/h3,7H,1,4-6H2,2H3,(H,16,17)(H2,12,13,14,15). The molecule has 0 spiro atoms. The van der Waals surface area contributed by atoms with Gasteiger partial charge in [-0.1, -0.05) is 6.08 Å². The number of nitrogens with one attached hydrogen (secondary N) is 2. The molecule has 0 saturated heterocycles. The van der Waals surface area contributed by atoms with E-state index in [1.165, 1.54) is 0 Å². The van der Waals surface area contributed by atoms with Crippen molar-refractivity contribution in [1.29, 1.82) is 0 Å². The highest BCUT2D eigenvalue weighted by Crippen LogP contribution is 2.10. The third-order valence-corrected chi connectivity index (χ3v) is 1.91. The molecule has 0 aromatic carbocycles. The summed E-state index contributed by atoms with van der Waals surface area (Å²) < 4.78 is 0. The molecule has 0 atom stereocenters. The number of carboxylic acids is 1. The molecule has 92 valence electrons. The maximum absolute atomic E-state index is 10.4. The Labute approximate surface area is 99.8 Å². The molecule has 1 rings (SSSR count). The Hall–Kier alpha value is -2.11. The van der Waals surface area contributed by atoms with Gasteiger partial charge in [-0.3, -0.25) is 4.79 Å². The molecule has 0 aliphatic heterocycles. The fraction of sp³-hybridized carbons (Fsp3) is 0.364. The van der Waals surface area contributed by atoms with Crippen molar-refractivity contribution < 1.29 is 9.90 Å². The summed E-state index contributed by atoms with van der Waals surface area (Å²) in [5.41, 5.74) is 0. The van der Waals surface area contributed by atoms with E-state index >= 15 is 0 Å². The largest absolute Gasteiger partial charge is 0.481 e. The van der Waals surface area contributed by atoms with Crippen LogP contribution in [0.2, 0.25) is 0 Å². The summed E-state index contributed by atoms with van der Waals surface area (Å²) in [6.07, 6.45) is 1.79. The van der Waals surface area contributed by atoms with E-state index in [0.717, 1.165) is 0 Å². The van der Waals surface area contributed by atoms with Crippen LogP contribution in [0.3, 0.4) is 0 Å². The van der Waals surface area contributed by atoms with Gasteiger partial charge in [0.05, 0.1) is 6.42 Å². The predicted octanol–water partition coefficient (Wildman–Crippen LogP) is 1.27. The van der Waals surface area contributed by atoms with Crippen LogP contribution in [0.5, 0.6) is 0 Å². The van der Waals surface area contributed by atoms with Crippen molar-refractivity contribution in [2.24, 2.45) is 0 Å². The van der Waals surface area contributed by atoms with Gasteiger partial charge in [0.25, 0.3) is 0 Å². The van der Waals surface area contributed by atoms with E-state index in [1.54, 1.807) is 19.1 Å². The van der Waals surface area contributed by atoms with Crippen molar-refractivity contribution in [3.8, 4) is 0 Å². The van der Waals surface area contributed by atoms with Crippen LogP contribution in [0.25, 0.3) is 0 Å². The van der Waals surface area contributed by atoms with E-state index < -0.39 is 5.97 Å². The minimum Gasteiger partial charge on any atom is -0.481 e. The predicted molar refractivity (Wildman–Crippen MR) is 66.2 cm³/mol. The number of aryl methyl sites for hydroxylation is 1. The normalized spacial score (nSPS) is 9.71. The molecule has 0 aliphatic carbocycles. The van der Waals surface area contributed by atoms with Crippen LogP contribution in [-0.4, -0.2) is 34.1 Å². The summed E-state index contributed by atoms with van der Waals surface area (Å²) in [6.45, 7) is 6.34. The van der Waals surface area contributed by atoms with Gasteiger partial charge in [0, 0.05) is 19.2 Å². The topological polar surface area (TPSA) is 87.1 Å². The first-order valence-corrected chi connectivity index (χ1v) is 5.28. The first-order valence-electron chi connectivity index (χ1n) is 5.28. The summed E-state index contributed by atoms with van der Waals surface area (Å²) in [5.74, 6) is 1.09. The number of hydrogen-bond acceptors (Lipinski definition) is 5. The van der Waals surface area contributed by atoms with Crippen molar-refractivity contribution in [3.63, 3.8) is 0 Å². The Morgan fingerprint density at radius 2 is 2.12 bits per heavy atom. The van der Waals surface area contributed by atoms with Gasteiger partial charge in [-0.2, -0.15) is 0 Å². The van der Waals surface area contributed by atoms with Crippen LogP contribution in [-0.2, 0) is 4.79 Å². The number of anilines is 2. The van der Waals surface area contributed by atoms with Crippen molar-refractivity contribution >= 4 is 17.6 Å². The average molecular weight is 236 g/mol. The van der Waals surface area contributed by atoms with E-state index in [2.05, 4.69) is 27.2 Å². The third-order valence-electron chi connectivity index (χ3n) is 1.91. The molecule has 1 aromatic heterocycles. The Balaban J connectivity index is 2.61. The van der Waals surface area contributed by atoms with Crippen molar-refractivity contribution in [3.05, 3.63) is 24.5 Å². The summed E-state index contributed by atoms with van der Waals surface area (Å²) in [6, 6.07) is 1.73. The molecule has 6 nitrogen and oxygen atoms in total. The smallest absolute Gasteiger partial charge is 0.305 e. The lowest BCUT2D eigenvalue weighted by atomic mass is 10.4. The van der Waals surface area contributed by atoms with Crippen LogP contribution >= 0.6 is 0 Å². The van der Waals surface area contributed by atoms with Crippen molar-refractivity contribution in [2.45, 2.75) is 13.3 Å². The maximum atomic E-state index is 10.4. The lowest BCUT2D eigenvalue weighted by Gasteiger charge is -2.08. The van der Waals surface area contributed by atoms with Crippen LogP contribution in [0.4, 0.5) is 11.6 Å². The average Bonchev–Trinajstić information content (AvgIpc) is 2.25. The second-order valence-electron chi connectivity index (χ2n) is 3.43. The van der Waals surface area contributed by atoms with E-state index in [-0.39, 0.29) is 6.42 Å². The monoisotopic (exact) mass is 236 g/mol. The van der Waals surface area contributed by atoms with Crippen molar-refractivity contribution in [1.82, 2.24) is 9.97 Å². The Bertz CT molecular complexity index is 406. The Morgan fingerprint density at radius 3 is 2.71 bits per heavy atom. The number of rotatable bonds is 7. The first-order chi connectivity index (χ1) is 8.11. The lowest BCUT2D eigenvalue weighted by Crippen LogP contribution is -2.10. The molecule has 0 saturated carbocycles. The van der Waals surface area contributed by atoms with Crippen LogP contribution in [0, 0.1) is 6.92 Å². The molecule has 0 aliphatic rings. The minimum atomic E-state index is -0.840. The summed E-state index contributed by atoms with van der Waals surface area (Å²) in [5, 5.41) is 14.5. The van der Waals surface area contributed by atoms with Gasteiger partial charge < -0.3 is 15.7 Å². The molecular weight excluding hydrogens is 220 g/mol. The number of nitrogens with zero attached hydrogens (tertiary/aromatic N) is 2. The molecule has 0 amide bonds. The van der Waals surface area contributed by atoms with Gasteiger partial charge in [0.2, 0.25) is 0 Å². The molecule has 1 heterocycles. The Kier molecular flexibility index (Phi) is 4.93. The lowest BCUT2D eigenvalue weighted by molar-refractivity contribution is -0.136. The molecule has 0 unspecified atom stereocenters. The zero-order valence-corrected chi connectivity index (χ0v) is 9.73. The van der Waals surface area contributed by atoms with Gasteiger partial charge in [-0.15, -0.1) is 6.58 Å². The molecule has 3 N–H and O–H groups in total. The maximum Gasteiger partial charge on any atom is 0.305 e. The number of aliphatic carboxylic acids is 1. The highest BCUT2D eigenvalue weighted by molar-refractivity contribution is 5.67. The van der Waals surface area contributed by atoms with Crippen LogP contribution in [0.15, 0.2) is 18.7 Å². The molecule has 1 aromatic rings. The molecule has 17 heavy (non-hydrogen) atoms. The van der Waals surface area contributed by atoms with Gasteiger partial charge >= 0.3 is 5.97 Å². The second-order valence-corrected chi connectivity index (χ2v) is 3.43. The van der Waals surface area contributed by atoms with Gasteiger partial charge in [0.1, 0.15) is 17.5 Å². The van der Waals surface area contributed by atoms with Crippen molar-refractivity contribution in [2.75, 3.05) is 23.7 Å². The molecule has 6 heteroatoms. The Morgan fingerprint density at radius 1 is 1.47 bits per heavy atom. The zero-order chi connectivity index (χ0) is 12.7. The van der Waals surface area contributed by atoms with E-state index in [0.29, 0.717) is 30.5 Å². The number of aromatic nitrogens is 2. The third kappa shape index (κ3) is 4.96. The van der Waals surface area contributed by atoms with Crippen LogP contribution < -0.4 is 10.6 Å². The zero-order valence-electron chi connectivity index (χ0n) is 9.73. The van der Waals surface area contributed by atoms with Gasteiger partial charge in [0.15, 0.2) is 0 Å². The molecule has 0 bridgehead atoms. The summed E-state index contributed by atoms with van der Waals surface area (Å²) in [4.78, 5) is 18.7. The molecule has 0 radical (unpaired) electrons. The van der Waals surface area contributed by atoms with Gasteiger partial charge in [-0.25, -0.2) is 9.97 Å². The minimum absolute atomic E-state index is 0.0540. The summed E-state index contributed by atoms with van der Waals surface area (Å²) >= 11 is 0. The molecule has 0 fully saturated rings. The fourth-order valence-corrected chi connectivity index (χ4v) is 1.22. The SMILES string of the molecule is C=CCNc1cc(NCCC(=O)O)nc(C)n1. The summed E-state index contributed by atoms with van der Waals surface area (Å²) in [7, 11) is 0. The van der Waals surface area contributed by atoms with Gasteiger partial charge in [-0.05, 0) is 6.92 Å². The second kappa shape index (κ2) is 6.47. The first kappa shape index (κ1) is 13.0. The van der Waals surface area contributed by atoms with Crippen LogP contribution in [0.1, 0.15) is 12.2 Å². The van der Waals surface area contributed by atoms with E-state index in [1.807, 2.05) is 0 Å².